The van der Waals surface area contributed by atoms with Crippen LogP contribution in [0.15, 0.2) is 60.0 Å². The van der Waals surface area contributed by atoms with E-state index in [0.717, 1.165) is 18.8 Å². The number of piperidine rings is 1. The third-order valence-corrected chi connectivity index (χ3v) is 5.92. The van der Waals surface area contributed by atoms with E-state index in [2.05, 4.69) is 9.88 Å². The summed E-state index contributed by atoms with van der Waals surface area (Å²) in [5.74, 6) is -1.14. The van der Waals surface area contributed by atoms with Gasteiger partial charge in [-0.15, -0.1) is 0 Å². The van der Waals surface area contributed by atoms with Gasteiger partial charge in [-0.05, 0) is 61.6 Å². The molecule has 1 unspecified atom stereocenters. The van der Waals surface area contributed by atoms with Gasteiger partial charge in [0.2, 0.25) is 0 Å². The van der Waals surface area contributed by atoms with Gasteiger partial charge < -0.3 is 10.0 Å². The average molecular weight is 420 g/mol. The van der Waals surface area contributed by atoms with E-state index in [1.54, 1.807) is 18.3 Å². The molecule has 2 aliphatic heterocycles. The summed E-state index contributed by atoms with van der Waals surface area (Å²) >= 11 is 0. The van der Waals surface area contributed by atoms with Crippen molar-refractivity contribution in [1.29, 1.82) is 0 Å². The zero-order valence-electron chi connectivity index (χ0n) is 18.1. The van der Waals surface area contributed by atoms with Gasteiger partial charge in [-0.1, -0.05) is 19.9 Å². The van der Waals surface area contributed by atoms with Gasteiger partial charge in [-0.2, -0.15) is 0 Å². The Morgan fingerprint density at radius 3 is 2.35 bits per heavy atom. The van der Waals surface area contributed by atoms with Crippen molar-refractivity contribution >= 4 is 23.1 Å². The number of nitrogens with zero attached hydrogens (tertiary/aromatic N) is 3. The maximum absolute atomic E-state index is 13.1. The van der Waals surface area contributed by atoms with Crippen molar-refractivity contribution in [3.8, 4) is 0 Å². The van der Waals surface area contributed by atoms with Gasteiger partial charge >= 0.3 is 0 Å². The van der Waals surface area contributed by atoms with Crippen LogP contribution in [-0.4, -0.2) is 34.9 Å². The largest absolute Gasteiger partial charge is 0.503 e. The van der Waals surface area contributed by atoms with Crippen molar-refractivity contribution in [1.82, 2.24) is 4.98 Å². The summed E-state index contributed by atoms with van der Waals surface area (Å²) in [6.45, 7) is 5.96. The van der Waals surface area contributed by atoms with Crippen LogP contribution in [0.3, 0.4) is 0 Å². The molecule has 2 aromatic rings. The first-order valence-corrected chi connectivity index (χ1v) is 11.0. The number of pyridine rings is 1. The third-order valence-electron chi connectivity index (χ3n) is 5.92. The summed E-state index contributed by atoms with van der Waals surface area (Å²) < 4.78 is 0. The second kappa shape index (κ2) is 8.92. The van der Waals surface area contributed by atoms with E-state index in [9.17, 15) is 14.7 Å². The Bertz CT molecular complexity index is 977. The summed E-state index contributed by atoms with van der Waals surface area (Å²) in [7, 11) is 0. The number of aromatic nitrogens is 1. The lowest BCUT2D eigenvalue weighted by Gasteiger charge is -2.30. The van der Waals surface area contributed by atoms with Crippen molar-refractivity contribution in [3.05, 3.63) is 65.7 Å². The molecule has 31 heavy (non-hydrogen) atoms. The van der Waals surface area contributed by atoms with Crippen LogP contribution in [-0.2, 0) is 9.59 Å². The number of amides is 1. The molecule has 0 aliphatic carbocycles. The SMILES string of the molecule is CC(C)CC(=O)C1=C(O)C(=O)N(c2ccc(N3CCCCC3)cc2)C1c1ccccn1. The van der Waals surface area contributed by atoms with Crippen LogP contribution >= 0.6 is 0 Å². The molecule has 0 saturated carbocycles. The molecule has 1 saturated heterocycles. The first-order valence-electron chi connectivity index (χ1n) is 11.0. The lowest BCUT2D eigenvalue weighted by Crippen LogP contribution is -2.32. The van der Waals surface area contributed by atoms with Crippen molar-refractivity contribution in [2.75, 3.05) is 22.9 Å². The Labute approximate surface area is 183 Å². The van der Waals surface area contributed by atoms with Gasteiger partial charge in [0, 0.05) is 37.1 Å². The molecule has 4 rings (SSSR count). The first kappa shape index (κ1) is 21.1. The minimum atomic E-state index is -0.735. The normalized spacial score (nSPS) is 19.5. The van der Waals surface area contributed by atoms with Gasteiger partial charge in [0.1, 0.15) is 6.04 Å². The number of aliphatic hydroxyl groups is 1. The number of hydrogen-bond donors (Lipinski definition) is 1. The maximum atomic E-state index is 13.1. The predicted octanol–water partition coefficient (Wildman–Crippen LogP) is 4.59. The summed E-state index contributed by atoms with van der Waals surface area (Å²) in [4.78, 5) is 34.4. The molecule has 1 aromatic carbocycles. The van der Waals surface area contributed by atoms with E-state index < -0.39 is 17.7 Å². The Kier molecular flexibility index (Phi) is 6.07. The van der Waals surface area contributed by atoms with Crippen LogP contribution in [0, 0.1) is 5.92 Å². The van der Waals surface area contributed by atoms with Crippen LogP contribution in [0.5, 0.6) is 0 Å². The highest BCUT2D eigenvalue weighted by Crippen LogP contribution is 2.41. The van der Waals surface area contributed by atoms with Crippen LogP contribution < -0.4 is 9.80 Å². The number of rotatable bonds is 6. The Balaban J connectivity index is 1.70. The van der Waals surface area contributed by atoms with E-state index in [0.29, 0.717) is 11.4 Å². The smallest absolute Gasteiger partial charge is 0.294 e. The molecule has 1 fully saturated rings. The van der Waals surface area contributed by atoms with Crippen LogP contribution in [0.25, 0.3) is 0 Å². The summed E-state index contributed by atoms with van der Waals surface area (Å²) in [6.07, 6.45) is 5.54. The number of carbonyl (C=O) groups excluding carboxylic acids is 2. The molecular weight excluding hydrogens is 390 g/mol. The zero-order chi connectivity index (χ0) is 22.0. The minimum absolute atomic E-state index is 0.116. The molecule has 6 nitrogen and oxygen atoms in total. The van der Waals surface area contributed by atoms with Crippen LogP contribution in [0.2, 0.25) is 0 Å². The van der Waals surface area contributed by atoms with E-state index in [1.165, 1.54) is 24.2 Å². The quantitative estimate of drug-likeness (QED) is 0.741. The molecule has 3 heterocycles. The summed E-state index contributed by atoms with van der Waals surface area (Å²) in [6, 6.07) is 12.5. The fraction of sp³-hybridized carbons (Fsp3) is 0.400. The third kappa shape index (κ3) is 4.20. The number of aliphatic hydroxyl groups excluding tert-OH is 1. The van der Waals surface area contributed by atoms with Gasteiger partial charge in [0.25, 0.3) is 5.91 Å². The van der Waals surface area contributed by atoms with E-state index in [1.807, 2.05) is 44.2 Å². The molecule has 2 aliphatic rings. The van der Waals surface area contributed by atoms with E-state index >= 15 is 0 Å². The second-order valence-electron chi connectivity index (χ2n) is 8.68. The number of anilines is 2. The van der Waals surface area contributed by atoms with Crippen molar-refractivity contribution in [2.24, 2.45) is 5.92 Å². The molecule has 1 amide bonds. The minimum Gasteiger partial charge on any atom is -0.503 e. The van der Waals surface area contributed by atoms with Gasteiger partial charge in [-0.3, -0.25) is 19.5 Å². The molecule has 1 N–H and O–H groups in total. The Morgan fingerprint density at radius 1 is 1.06 bits per heavy atom. The number of benzene rings is 1. The highest BCUT2D eigenvalue weighted by molar-refractivity contribution is 6.16. The number of Topliss-reactive ketones (excluding diaryl/α,β-unsaturated/α-hetero) is 1. The summed E-state index contributed by atoms with van der Waals surface area (Å²) in [5, 5.41) is 10.7. The predicted molar refractivity (Wildman–Crippen MR) is 121 cm³/mol. The molecule has 0 bridgehead atoms. The molecule has 0 spiro atoms. The van der Waals surface area contributed by atoms with Gasteiger partial charge in [-0.25, -0.2) is 0 Å². The van der Waals surface area contributed by atoms with Crippen molar-refractivity contribution in [2.45, 2.75) is 45.6 Å². The number of ketones is 1. The van der Waals surface area contributed by atoms with Crippen molar-refractivity contribution in [3.63, 3.8) is 0 Å². The van der Waals surface area contributed by atoms with Crippen molar-refractivity contribution < 1.29 is 14.7 Å². The highest BCUT2D eigenvalue weighted by atomic mass is 16.3. The lowest BCUT2D eigenvalue weighted by atomic mass is 9.94. The van der Waals surface area contributed by atoms with E-state index in [-0.39, 0.29) is 23.7 Å². The molecular formula is C25H29N3O3. The molecule has 6 heteroatoms. The average Bonchev–Trinajstić information content (AvgIpc) is 3.05. The fourth-order valence-electron chi connectivity index (χ4n) is 4.43. The second-order valence-corrected chi connectivity index (χ2v) is 8.68. The van der Waals surface area contributed by atoms with Gasteiger partial charge in [0.05, 0.1) is 11.3 Å². The van der Waals surface area contributed by atoms with E-state index in [4.69, 9.17) is 0 Å². The molecule has 1 aromatic heterocycles. The Morgan fingerprint density at radius 2 is 1.74 bits per heavy atom. The van der Waals surface area contributed by atoms with Crippen LogP contribution in [0.4, 0.5) is 11.4 Å². The molecule has 0 radical (unpaired) electrons. The topological polar surface area (TPSA) is 73.7 Å². The Hall–Kier alpha value is -3.15. The first-order chi connectivity index (χ1) is 15.0. The zero-order valence-corrected chi connectivity index (χ0v) is 18.1. The highest BCUT2D eigenvalue weighted by Gasteiger charge is 2.44. The lowest BCUT2D eigenvalue weighted by molar-refractivity contribution is -0.118. The molecule has 162 valence electrons. The monoisotopic (exact) mass is 419 g/mol. The van der Waals surface area contributed by atoms with Crippen LogP contribution in [0.1, 0.15) is 51.3 Å². The molecule has 1 atom stereocenters. The standard InChI is InChI=1S/C25H29N3O3/c1-17(2)16-21(29)22-23(20-8-4-5-13-26-20)28(25(31)24(22)30)19-11-9-18(10-12-19)27-14-6-3-7-15-27/h4-5,8-13,17,23,30H,3,6-7,14-16H2,1-2H3. The summed E-state index contributed by atoms with van der Waals surface area (Å²) in [5.41, 5.74) is 2.46. The van der Waals surface area contributed by atoms with Gasteiger partial charge in [0.15, 0.2) is 11.5 Å². The number of carbonyl (C=O) groups is 2. The maximum Gasteiger partial charge on any atom is 0.294 e. The number of hydrogen-bond acceptors (Lipinski definition) is 5. The fourth-order valence-corrected chi connectivity index (χ4v) is 4.43.